The Labute approximate surface area is 128 Å². The first-order chi connectivity index (χ1) is 10.1. The predicted molar refractivity (Wildman–Crippen MR) is 80.5 cm³/mol. The fourth-order valence-electron chi connectivity index (χ4n) is 2.21. The van der Waals surface area contributed by atoms with E-state index in [2.05, 4.69) is 20.2 Å². The zero-order valence-electron chi connectivity index (χ0n) is 10.8. The normalized spacial score (nSPS) is 11.6. The molecule has 104 valence electrons. The van der Waals surface area contributed by atoms with Gasteiger partial charge >= 0.3 is 0 Å². The van der Waals surface area contributed by atoms with Crippen LogP contribution >= 0.6 is 23.2 Å². The van der Waals surface area contributed by atoms with Crippen molar-refractivity contribution in [1.29, 1.82) is 0 Å². The maximum Gasteiger partial charge on any atom is 0.186 e. The van der Waals surface area contributed by atoms with Crippen LogP contribution < -0.4 is 0 Å². The van der Waals surface area contributed by atoms with Crippen LogP contribution in [0.5, 0.6) is 0 Å². The second-order valence-electron chi connectivity index (χ2n) is 4.61. The Balaban J connectivity index is 2.00. The van der Waals surface area contributed by atoms with E-state index in [0.717, 1.165) is 10.9 Å². The van der Waals surface area contributed by atoms with Gasteiger partial charge in [0.25, 0.3) is 0 Å². The van der Waals surface area contributed by atoms with Crippen molar-refractivity contribution in [3.8, 4) is 11.4 Å². The number of hydrogen-bond donors (Lipinski definition) is 0. The zero-order valence-corrected chi connectivity index (χ0v) is 12.3. The van der Waals surface area contributed by atoms with Crippen molar-refractivity contribution in [2.24, 2.45) is 7.05 Å². The lowest BCUT2D eigenvalue weighted by atomic mass is 10.2. The maximum atomic E-state index is 6.21. The van der Waals surface area contributed by atoms with Crippen molar-refractivity contribution in [3.05, 3.63) is 40.8 Å². The molecule has 0 bridgehead atoms. The minimum absolute atomic E-state index is 0.508. The van der Waals surface area contributed by atoms with Gasteiger partial charge in [0.2, 0.25) is 0 Å². The molecule has 4 rings (SSSR count). The predicted octanol–water partition coefficient (Wildman–Crippen LogP) is 2.98. The van der Waals surface area contributed by atoms with Crippen LogP contribution in [0, 0.1) is 0 Å². The molecule has 4 aromatic rings. The number of aryl methyl sites for hydroxylation is 1. The standard InChI is InChI=1S/C13H8Cl2N6/c1-20-5-9-11(18-20)16-6-21-13(9)17-12(19-21)8-3-2-7(14)4-10(8)15/h2-6H,1H3. The quantitative estimate of drug-likeness (QED) is 0.541. The summed E-state index contributed by atoms with van der Waals surface area (Å²) in [6.07, 6.45) is 3.45. The molecule has 3 aromatic heterocycles. The molecule has 0 amide bonds. The fourth-order valence-corrected chi connectivity index (χ4v) is 2.70. The van der Waals surface area contributed by atoms with E-state index in [-0.39, 0.29) is 0 Å². The first-order valence-corrected chi connectivity index (χ1v) is 6.87. The topological polar surface area (TPSA) is 60.9 Å². The first-order valence-electron chi connectivity index (χ1n) is 6.12. The zero-order chi connectivity index (χ0) is 14.6. The molecular weight excluding hydrogens is 311 g/mol. The van der Waals surface area contributed by atoms with Crippen LogP contribution in [0.2, 0.25) is 10.0 Å². The van der Waals surface area contributed by atoms with Crippen LogP contribution in [0.1, 0.15) is 0 Å². The Bertz CT molecular complexity index is 987. The number of aromatic nitrogens is 6. The molecule has 0 atom stereocenters. The van der Waals surface area contributed by atoms with Crippen molar-refractivity contribution in [2.45, 2.75) is 0 Å². The molecule has 1 aromatic carbocycles. The van der Waals surface area contributed by atoms with Crippen molar-refractivity contribution in [2.75, 3.05) is 0 Å². The summed E-state index contributed by atoms with van der Waals surface area (Å²) in [5.74, 6) is 0.523. The lowest BCUT2D eigenvalue weighted by Crippen LogP contribution is -1.90. The number of nitrogens with zero attached hydrogens (tertiary/aromatic N) is 6. The van der Waals surface area contributed by atoms with Gasteiger partial charge in [0.05, 0.1) is 10.4 Å². The molecule has 0 saturated heterocycles. The smallest absolute Gasteiger partial charge is 0.186 e. The molecule has 0 fully saturated rings. The van der Waals surface area contributed by atoms with Gasteiger partial charge in [-0.1, -0.05) is 23.2 Å². The summed E-state index contributed by atoms with van der Waals surface area (Å²) < 4.78 is 3.31. The van der Waals surface area contributed by atoms with Gasteiger partial charge in [-0.3, -0.25) is 4.68 Å². The second-order valence-corrected chi connectivity index (χ2v) is 5.46. The molecule has 0 aliphatic carbocycles. The average molecular weight is 319 g/mol. The van der Waals surface area contributed by atoms with Crippen LogP contribution in [-0.4, -0.2) is 29.4 Å². The Hall–Kier alpha value is -2.18. The summed E-state index contributed by atoms with van der Waals surface area (Å²) in [6, 6.07) is 5.22. The Kier molecular flexibility index (Phi) is 2.63. The molecule has 21 heavy (non-hydrogen) atoms. The van der Waals surface area contributed by atoms with Gasteiger partial charge in [-0.15, -0.1) is 5.10 Å². The highest BCUT2D eigenvalue weighted by atomic mass is 35.5. The molecule has 0 aliphatic rings. The first kappa shape index (κ1) is 12.6. The van der Waals surface area contributed by atoms with Crippen LogP contribution in [0.15, 0.2) is 30.7 Å². The summed E-state index contributed by atoms with van der Waals surface area (Å²) >= 11 is 12.1. The van der Waals surface area contributed by atoms with Gasteiger partial charge in [0.15, 0.2) is 17.1 Å². The summed E-state index contributed by atoms with van der Waals surface area (Å²) in [7, 11) is 1.84. The Morgan fingerprint density at radius 3 is 2.81 bits per heavy atom. The second kappa shape index (κ2) is 4.41. The summed E-state index contributed by atoms with van der Waals surface area (Å²) in [5.41, 5.74) is 2.04. The van der Waals surface area contributed by atoms with Crippen molar-refractivity contribution < 1.29 is 0 Å². The Morgan fingerprint density at radius 2 is 2.00 bits per heavy atom. The number of hydrogen-bond acceptors (Lipinski definition) is 4. The van der Waals surface area contributed by atoms with E-state index >= 15 is 0 Å². The van der Waals surface area contributed by atoms with Gasteiger partial charge in [0.1, 0.15) is 6.33 Å². The average Bonchev–Trinajstić information content (AvgIpc) is 3.00. The largest absolute Gasteiger partial charge is 0.273 e. The number of rotatable bonds is 1. The maximum absolute atomic E-state index is 6.21. The van der Waals surface area contributed by atoms with Crippen LogP contribution in [0.25, 0.3) is 28.1 Å². The lowest BCUT2D eigenvalue weighted by Gasteiger charge is -1.98. The SMILES string of the molecule is Cn1cc2c(ncn3nc(-c4ccc(Cl)cc4Cl)nc23)n1. The Morgan fingerprint density at radius 1 is 1.14 bits per heavy atom. The molecule has 0 radical (unpaired) electrons. The highest BCUT2D eigenvalue weighted by Gasteiger charge is 2.14. The molecule has 6 nitrogen and oxygen atoms in total. The molecule has 3 heterocycles. The third kappa shape index (κ3) is 1.95. The molecule has 0 spiro atoms. The van der Waals surface area contributed by atoms with Gasteiger partial charge in [0, 0.05) is 23.8 Å². The highest BCUT2D eigenvalue weighted by Crippen LogP contribution is 2.29. The minimum Gasteiger partial charge on any atom is -0.273 e. The summed E-state index contributed by atoms with van der Waals surface area (Å²) in [6.45, 7) is 0. The molecule has 0 saturated carbocycles. The third-order valence-electron chi connectivity index (χ3n) is 3.14. The molecular formula is C13H8Cl2N6. The fraction of sp³-hybridized carbons (Fsp3) is 0.0769. The monoisotopic (exact) mass is 318 g/mol. The lowest BCUT2D eigenvalue weighted by molar-refractivity contribution is 0.775. The number of halogens is 2. The van der Waals surface area contributed by atoms with E-state index in [1.165, 1.54) is 0 Å². The van der Waals surface area contributed by atoms with Gasteiger partial charge < -0.3 is 0 Å². The minimum atomic E-state index is 0.508. The van der Waals surface area contributed by atoms with Crippen LogP contribution in [0.3, 0.4) is 0 Å². The van der Waals surface area contributed by atoms with Gasteiger partial charge in [-0.25, -0.2) is 14.5 Å². The van der Waals surface area contributed by atoms with Crippen molar-refractivity contribution >= 4 is 39.9 Å². The van der Waals surface area contributed by atoms with E-state index in [9.17, 15) is 0 Å². The van der Waals surface area contributed by atoms with E-state index in [0.29, 0.717) is 27.2 Å². The van der Waals surface area contributed by atoms with Crippen molar-refractivity contribution in [3.63, 3.8) is 0 Å². The van der Waals surface area contributed by atoms with E-state index in [4.69, 9.17) is 23.2 Å². The summed E-state index contributed by atoms with van der Waals surface area (Å²) in [5, 5.41) is 10.6. The van der Waals surface area contributed by atoms with E-state index in [1.807, 2.05) is 13.2 Å². The molecule has 0 unspecified atom stereocenters. The van der Waals surface area contributed by atoms with E-state index in [1.54, 1.807) is 33.7 Å². The number of fused-ring (bicyclic) bond motifs is 3. The highest BCUT2D eigenvalue weighted by molar-refractivity contribution is 6.36. The number of benzene rings is 1. The molecule has 0 N–H and O–H groups in total. The molecule has 8 heteroatoms. The van der Waals surface area contributed by atoms with Crippen molar-refractivity contribution in [1.82, 2.24) is 29.4 Å². The third-order valence-corrected chi connectivity index (χ3v) is 3.69. The van der Waals surface area contributed by atoms with Gasteiger partial charge in [-0.05, 0) is 18.2 Å². The molecule has 0 aliphatic heterocycles. The van der Waals surface area contributed by atoms with Gasteiger partial charge in [-0.2, -0.15) is 5.10 Å². The summed E-state index contributed by atoms with van der Waals surface area (Å²) in [4.78, 5) is 8.79. The van der Waals surface area contributed by atoms with Crippen LogP contribution in [0.4, 0.5) is 0 Å². The van der Waals surface area contributed by atoms with E-state index < -0.39 is 0 Å². The van der Waals surface area contributed by atoms with Crippen LogP contribution in [-0.2, 0) is 7.05 Å².